The molecule has 0 amide bonds. The number of aromatic nitrogens is 2. The molecule has 2 rings (SSSR count). The highest BCUT2D eigenvalue weighted by atomic mass is 15.2. The van der Waals surface area contributed by atoms with Crippen LogP contribution in [0.25, 0.3) is 0 Å². The average molecular weight is 243 g/mol. The zero-order valence-corrected chi connectivity index (χ0v) is 11.5. The Kier molecular flexibility index (Phi) is 3.82. The van der Waals surface area contributed by atoms with E-state index in [4.69, 9.17) is 0 Å². The molecule has 18 heavy (non-hydrogen) atoms. The molecule has 0 bridgehead atoms. The van der Waals surface area contributed by atoms with Crippen molar-refractivity contribution in [2.45, 2.75) is 32.9 Å². The summed E-state index contributed by atoms with van der Waals surface area (Å²) in [6.45, 7) is 6.47. The number of hydrogen-bond donors (Lipinski definition) is 1. The second-order valence-electron chi connectivity index (χ2n) is 4.97. The van der Waals surface area contributed by atoms with Gasteiger partial charge in [0.25, 0.3) is 0 Å². The van der Waals surface area contributed by atoms with Gasteiger partial charge in [0.2, 0.25) is 0 Å². The number of nitrogens with one attached hydrogen (secondary N) is 1. The third-order valence-electron chi connectivity index (χ3n) is 3.30. The minimum absolute atomic E-state index is 0.301. The monoisotopic (exact) mass is 243 g/mol. The van der Waals surface area contributed by atoms with E-state index >= 15 is 0 Å². The third-order valence-corrected chi connectivity index (χ3v) is 3.30. The summed E-state index contributed by atoms with van der Waals surface area (Å²) in [4.78, 5) is 0. The van der Waals surface area contributed by atoms with Crippen molar-refractivity contribution < 1.29 is 0 Å². The molecule has 0 spiro atoms. The zero-order chi connectivity index (χ0) is 13.1. The van der Waals surface area contributed by atoms with Crippen molar-refractivity contribution in [3.8, 4) is 0 Å². The summed E-state index contributed by atoms with van der Waals surface area (Å²) in [5, 5.41) is 7.80. The predicted octanol–water partition coefficient (Wildman–Crippen LogP) is 3.14. The van der Waals surface area contributed by atoms with Gasteiger partial charge in [-0.25, -0.2) is 0 Å². The maximum Gasteiger partial charge on any atom is 0.0537 e. The van der Waals surface area contributed by atoms with Crippen LogP contribution in [0.5, 0.6) is 0 Å². The Morgan fingerprint density at radius 2 is 1.67 bits per heavy atom. The Morgan fingerprint density at radius 3 is 2.22 bits per heavy atom. The largest absolute Gasteiger partial charge is 0.304 e. The molecule has 2 atom stereocenters. The lowest BCUT2D eigenvalue weighted by molar-refractivity contribution is 0.494. The SMILES string of the molecule is Cc1ccc(C(C)NC(C)c2cnn(C)c2)cc1. The van der Waals surface area contributed by atoms with Crippen molar-refractivity contribution in [1.82, 2.24) is 15.1 Å². The van der Waals surface area contributed by atoms with Crippen molar-refractivity contribution in [1.29, 1.82) is 0 Å². The van der Waals surface area contributed by atoms with Crippen LogP contribution in [0.4, 0.5) is 0 Å². The van der Waals surface area contributed by atoms with Crippen LogP contribution in [0.3, 0.4) is 0 Å². The normalized spacial score (nSPS) is 14.4. The lowest BCUT2D eigenvalue weighted by Crippen LogP contribution is -2.22. The van der Waals surface area contributed by atoms with Gasteiger partial charge in [0, 0.05) is 30.9 Å². The summed E-state index contributed by atoms with van der Waals surface area (Å²) in [5.74, 6) is 0. The van der Waals surface area contributed by atoms with E-state index < -0.39 is 0 Å². The van der Waals surface area contributed by atoms with E-state index in [9.17, 15) is 0 Å². The number of rotatable bonds is 4. The molecule has 2 aromatic rings. The van der Waals surface area contributed by atoms with Crippen LogP contribution in [0, 0.1) is 6.92 Å². The highest BCUT2D eigenvalue weighted by molar-refractivity contribution is 5.24. The molecule has 0 aliphatic heterocycles. The van der Waals surface area contributed by atoms with Crippen LogP contribution >= 0.6 is 0 Å². The molecular formula is C15H21N3. The number of benzene rings is 1. The molecule has 1 N–H and O–H groups in total. The fourth-order valence-electron chi connectivity index (χ4n) is 2.09. The highest BCUT2D eigenvalue weighted by Gasteiger charge is 2.12. The van der Waals surface area contributed by atoms with Gasteiger partial charge in [-0.1, -0.05) is 29.8 Å². The quantitative estimate of drug-likeness (QED) is 0.894. The summed E-state index contributed by atoms with van der Waals surface area (Å²) in [5.41, 5.74) is 3.83. The number of nitrogens with zero attached hydrogens (tertiary/aromatic N) is 2. The van der Waals surface area contributed by atoms with E-state index in [2.05, 4.69) is 61.6 Å². The molecule has 0 fully saturated rings. The molecular weight excluding hydrogens is 222 g/mol. The molecule has 3 heteroatoms. The molecule has 0 saturated heterocycles. The van der Waals surface area contributed by atoms with Crippen LogP contribution in [0.2, 0.25) is 0 Å². The van der Waals surface area contributed by atoms with E-state index in [1.807, 2.05) is 17.9 Å². The summed E-state index contributed by atoms with van der Waals surface area (Å²) >= 11 is 0. The molecule has 96 valence electrons. The van der Waals surface area contributed by atoms with Crippen molar-refractivity contribution in [2.24, 2.45) is 7.05 Å². The van der Waals surface area contributed by atoms with E-state index in [1.165, 1.54) is 16.7 Å². The first-order chi connectivity index (χ1) is 8.56. The van der Waals surface area contributed by atoms with Crippen LogP contribution in [-0.2, 0) is 7.05 Å². The number of hydrogen-bond acceptors (Lipinski definition) is 2. The van der Waals surface area contributed by atoms with Gasteiger partial charge in [-0.2, -0.15) is 5.10 Å². The average Bonchev–Trinajstić information content (AvgIpc) is 2.76. The summed E-state index contributed by atoms with van der Waals surface area (Å²) in [6.07, 6.45) is 3.97. The van der Waals surface area contributed by atoms with Crippen molar-refractivity contribution in [2.75, 3.05) is 0 Å². The second kappa shape index (κ2) is 5.36. The molecule has 2 unspecified atom stereocenters. The maximum absolute atomic E-state index is 4.21. The Hall–Kier alpha value is -1.61. The van der Waals surface area contributed by atoms with Crippen molar-refractivity contribution in [3.05, 3.63) is 53.3 Å². The van der Waals surface area contributed by atoms with E-state index in [0.29, 0.717) is 12.1 Å². The molecule has 3 nitrogen and oxygen atoms in total. The zero-order valence-electron chi connectivity index (χ0n) is 11.5. The van der Waals surface area contributed by atoms with E-state index in [-0.39, 0.29) is 0 Å². The third kappa shape index (κ3) is 2.99. The summed E-state index contributed by atoms with van der Waals surface area (Å²) in [6, 6.07) is 9.31. The first-order valence-corrected chi connectivity index (χ1v) is 6.37. The Balaban J connectivity index is 2.02. The fourth-order valence-corrected chi connectivity index (χ4v) is 2.09. The lowest BCUT2D eigenvalue weighted by Gasteiger charge is -2.19. The Morgan fingerprint density at radius 1 is 1.06 bits per heavy atom. The maximum atomic E-state index is 4.21. The molecule has 1 heterocycles. The van der Waals surface area contributed by atoms with Gasteiger partial charge in [0.05, 0.1) is 6.20 Å². The molecule has 0 radical (unpaired) electrons. The van der Waals surface area contributed by atoms with Crippen LogP contribution in [0.1, 0.15) is 42.6 Å². The minimum atomic E-state index is 0.301. The van der Waals surface area contributed by atoms with Crippen LogP contribution in [0.15, 0.2) is 36.7 Å². The molecule has 1 aromatic heterocycles. The Bertz CT molecular complexity index is 499. The standard InChI is InChI=1S/C15H21N3/c1-11-5-7-14(8-6-11)12(2)17-13(3)15-9-16-18(4)10-15/h5-10,12-13,17H,1-4H3. The van der Waals surface area contributed by atoms with E-state index in [1.54, 1.807) is 0 Å². The lowest BCUT2D eigenvalue weighted by atomic mass is 10.0. The summed E-state index contributed by atoms with van der Waals surface area (Å²) in [7, 11) is 1.94. The predicted molar refractivity (Wildman–Crippen MR) is 74.4 cm³/mol. The van der Waals surface area contributed by atoms with Gasteiger partial charge in [0.15, 0.2) is 0 Å². The second-order valence-corrected chi connectivity index (χ2v) is 4.97. The number of aryl methyl sites for hydroxylation is 2. The van der Waals surface area contributed by atoms with Crippen LogP contribution < -0.4 is 5.32 Å². The van der Waals surface area contributed by atoms with Crippen molar-refractivity contribution >= 4 is 0 Å². The smallest absolute Gasteiger partial charge is 0.0537 e. The van der Waals surface area contributed by atoms with Gasteiger partial charge in [0.1, 0.15) is 0 Å². The van der Waals surface area contributed by atoms with Gasteiger partial charge in [-0.3, -0.25) is 4.68 Å². The highest BCUT2D eigenvalue weighted by Crippen LogP contribution is 2.19. The van der Waals surface area contributed by atoms with Crippen molar-refractivity contribution in [3.63, 3.8) is 0 Å². The van der Waals surface area contributed by atoms with Gasteiger partial charge in [-0.15, -0.1) is 0 Å². The minimum Gasteiger partial charge on any atom is -0.304 e. The first-order valence-electron chi connectivity index (χ1n) is 6.37. The topological polar surface area (TPSA) is 29.9 Å². The van der Waals surface area contributed by atoms with Gasteiger partial charge < -0.3 is 5.32 Å². The molecule has 1 aromatic carbocycles. The first kappa shape index (κ1) is 12.8. The van der Waals surface area contributed by atoms with E-state index in [0.717, 1.165) is 0 Å². The van der Waals surface area contributed by atoms with Crippen LogP contribution in [-0.4, -0.2) is 9.78 Å². The Labute approximate surface area is 109 Å². The molecule has 0 aliphatic rings. The molecule has 0 saturated carbocycles. The molecule has 0 aliphatic carbocycles. The summed E-state index contributed by atoms with van der Waals surface area (Å²) < 4.78 is 1.84. The fraction of sp³-hybridized carbons (Fsp3) is 0.400. The van der Waals surface area contributed by atoms with Gasteiger partial charge >= 0.3 is 0 Å². The van der Waals surface area contributed by atoms with Gasteiger partial charge in [-0.05, 0) is 26.3 Å².